The number of hydrogen-bond acceptors (Lipinski definition) is 2. The Hall–Kier alpha value is -1.06. The summed E-state index contributed by atoms with van der Waals surface area (Å²) in [6.07, 6.45) is 4.32. The molecule has 0 saturated heterocycles. The van der Waals surface area contributed by atoms with Gasteiger partial charge in [0.25, 0.3) is 0 Å². The zero-order valence-corrected chi connectivity index (χ0v) is 10.7. The number of amides is 1. The van der Waals surface area contributed by atoms with Gasteiger partial charge in [-0.25, -0.2) is 0 Å². The summed E-state index contributed by atoms with van der Waals surface area (Å²) in [5.41, 5.74) is 0. The molecule has 0 bridgehead atoms. The molecule has 1 fully saturated rings. The van der Waals surface area contributed by atoms with Gasteiger partial charge in [0.1, 0.15) is 0 Å². The lowest BCUT2D eigenvalue weighted by molar-refractivity contribution is -0.146. The van der Waals surface area contributed by atoms with E-state index in [-0.39, 0.29) is 11.8 Å². The zero-order valence-electron chi connectivity index (χ0n) is 10.7. The van der Waals surface area contributed by atoms with E-state index in [4.69, 9.17) is 5.11 Å². The summed E-state index contributed by atoms with van der Waals surface area (Å²) >= 11 is 0. The first kappa shape index (κ1) is 14.0. The van der Waals surface area contributed by atoms with E-state index in [0.29, 0.717) is 18.9 Å². The summed E-state index contributed by atoms with van der Waals surface area (Å²) in [5.74, 6) is -1.31. The molecule has 1 amide bonds. The highest BCUT2D eigenvalue weighted by Crippen LogP contribution is 2.38. The first-order valence-electron chi connectivity index (χ1n) is 6.60. The maximum Gasteiger partial charge on any atom is 0.307 e. The molecule has 17 heavy (non-hydrogen) atoms. The summed E-state index contributed by atoms with van der Waals surface area (Å²) in [7, 11) is 0. The SMILES string of the molecule is CCCCNC(=O)C1CC(CC)CC1C(=O)O. The van der Waals surface area contributed by atoms with Gasteiger partial charge in [0.2, 0.25) is 5.91 Å². The molecule has 3 atom stereocenters. The third-order valence-electron chi connectivity index (χ3n) is 3.72. The first-order valence-corrected chi connectivity index (χ1v) is 6.60. The van der Waals surface area contributed by atoms with Gasteiger partial charge in [-0.05, 0) is 25.2 Å². The van der Waals surface area contributed by atoms with Crippen LogP contribution < -0.4 is 5.32 Å². The minimum Gasteiger partial charge on any atom is -0.481 e. The second-order valence-corrected chi connectivity index (χ2v) is 4.94. The van der Waals surface area contributed by atoms with Gasteiger partial charge in [-0.1, -0.05) is 26.7 Å². The zero-order chi connectivity index (χ0) is 12.8. The third-order valence-corrected chi connectivity index (χ3v) is 3.72. The lowest BCUT2D eigenvalue weighted by Crippen LogP contribution is -2.35. The fraction of sp³-hybridized carbons (Fsp3) is 0.846. The Morgan fingerprint density at radius 1 is 1.24 bits per heavy atom. The largest absolute Gasteiger partial charge is 0.481 e. The molecule has 3 unspecified atom stereocenters. The van der Waals surface area contributed by atoms with Gasteiger partial charge in [-0.2, -0.15) is 0 Å². The topological polar surface area (TPSA) is 66.4 Å². The number of nitrogens with one attached hydrogen (secondary N) is 1. The van der Waals surface area contributed by atoms with Crippen molar-refractivity contribution in [1.29, 1.82) is 0 Å². The minimum atomic E-state index is -0.823. The number of carbonyl (C=O) groups is 2. The fourth-order valence-corrected chi connectivity index (χ4v) is 2.56. The van der Waals surface area contributed by atoms with Crippen molar-refractivity contribution < 1.29 is 14.7 Å². The molecule has 4 nitrogen and oxygen atoms in total. The maximum atomic E-state index is 11.9. The lowest BCUT2D eigenvalue weighted by atomic mass is 9.95. The Kier molecular flexibility index (Phi) is 5.45. The summed E-state index contributed by atoms with van der Waals surface area (Å²) in [6.45, 7) is 4.78. The van der Waals surface area contributed by atoms with E-state index >= 15 is 0 Å². The summed E-state index contributed by atoms with van der Waals surface area (Å²) in [6, 6.07) is 0. The molecular formula is C13H23NO3. The number of rotatable bonds is 6. The van der Waals surface area contributed by atoms with Crippen LogP contribution in [0.25, 0.3) is 0 Å². The molecule has 0 aromatic heterocycles. The smallest absolute Gasteiger partial charge is 0.307 e. The highest BCUT2D eigenvalue weighted by Gasteiger charge is 2.41. The van der Waals surface area contributed by atoms with Crippen LogP contribution in [0.4, 0.5) is 0 Å². The predicted molar refractivity (Wildman–Crippen MR) is 65.5 cm³/mol. The van der Waals surface area contributed by atoms with Crippen LogP contribution in [0, 0.1) is 17.8 Å². The molecule has 1 saturated carbocycles. The molecule has 0 aromatic rings. The average molecular weight is 241 g/mol. The van der Waals surface area contributed by atoms with Crippen LogP contribution >= 0.6 is 0 Å². The number of carbonyl (C=O) groups excluding carboxylic acids is 1. The normalized spacial score (nSPS) is 28.0. The molecule has 4 heteroatoms. The third kappa shape index (κ3) is 3.72. The van der Waals surface area contributed by atoms with E-state index in [1.54, 1.807) is 0 Å². The van der Waals surface area contributed by atoms with E-state index in [2.05, 4.69) is 19.2 Å². The number of hydrogen-bond donors (Lipinski definition) is 2. The monoisotopic (exact) mass is 241 g/mol. The highest BCUT2D eigenvalue weighted by molar-refractivity contribution is 5.85. The van der Waals surface area contributed by atoms with E-state index in [0.717, 1.165) is 25.7 Å². The molecule has 0 aliphatic heterocycles. The maximum absolute atomic E-state index is 11.9. The van der Waals surface area contributed by atoms with Crippen molar-refractivity contribution in [2.75, 3.05) is 6.54 Å². The quantitative estimate of drug-likeness (QED) is 0.699. The van der Waals surface area contributed by atoms with Crippen molar-refractivity contribution in [2.24, 2.45) is 17.8 Å². The van der Waals surface area contributed by atoms with Crippen LogP contribution in [0.5, 0.6) is 0 Å². The van der Waals surface area contributed by atoms with Crippen molar-refractivity contribution in [3.63, 3.8) is 0 Å². The van der Waals surface area contributed by atoms with E-state index < -0.39 is 11.9 Å². The molecule has 0 heterocycles. The molecule has 1 aliphatic rings. The second-order valence-electron chi connectivity index (χ2n) is 4.94. The van der Waals surface area contributed by atoms with Crippen molar-refractivity contribution >= 4 is 11.9 Å². The molecular weight excluding hydrogens is 218 g/mol. The number of aliphatic carboxylic acids is 1. The van der Waals surface area contributed by atoms with Crippen LogP contribution in [-0.4, -0.2) is 23.5 Å². The Labute approximate surface area is 103 Å². The van der Waals surface area contributed by atoms with Crippen LogP contribution in [0.1, 0.15) is 46.0 Å². The van der Waals surface area contributed by atoms with E-state index in [1.807, 2.05) is 0 Å². The van der Waals surface area contributed by atoms with E-state index in [9.17, 15) is 9.59 Å². The Bertz CT molecular complexity index is 278. The Balaban J connectivity index is 2.54. The second kappa shape index (κ2) is 6.62. The van der Waals surface area contributed by atoms with Crippen molar-refractivity contribution in [2.45, 2.75) is 46.0 Å². The summed E-state index contributed by atoms with van der Waals surface area (Å²) in [5, 5.41) is 12.0. The molecule has 2 N–H and O–H groups in total. The number of carboxylic acids is 1. The van der Waals surface area contributed by atoms with Crippen LogP contribution in [0.3, 0.4) is 0 Å². The van der Waals surface area contributed by atoms with Crippen molar-refractivity contribution in [1.82, 2.24) is 5.32 Å². The summed E-state index contributed by atoms with van der Waals surface area (Å²) < 4.78 is 0. The fourth-order valence-electron chi connectivity index (χ4n) is 2.56. The first-order chi connectivity index (χ1) is 8.10. The van der Waals surface area contributed by atoms with Gasteiger partial charge in [0, 0.05) is 6.54 Å². The van der Waals surface area contributed by atoms with Gasteiger partial charge < -0.3 is 10.4 Å². The molecule has 1 rings (SSSR count). The van der Waals surface area contributed by atoms with Gasteiger partial charge in [-0.15, -0.1) is 0 Å². The lowest BCUT2D eigenvalue weighted by Gasteiger charge is -2.15. The van der Waals surface area contributed by atoms with Gasteiger partial charge in [-0.3, -0.25) is 9.59 Å². The van der Waals surface area contributed by atoms with Gasteiger partial charge in [0.05, 0.1) is 11.8 Å². The molecule has 98 valence electrons. The van der Waals surface area contributed by atoms with E-state index in [1.165, 1.54) is 0 Å². The molecule has 0 spiro atoms. The van der Waals surface area contributed by atoms with Crippen molar-refractivity contribution in [3.8, 4) is 0 Å². The number of unbranched alkanes of at least 4 members (excludes halogenated alkanes) is 1. The van der Waals surface area contributed by atoms with Crippen LogP contribution in [0.2, 0.25) is 0 Å². The summed E-state index contributed by atoms with van der Waals surface area (Å²) in [4.78, 5) is 23.0. The average Bonchev–Trinajstić information content (AvgIpc) is 2.73. The molecule has 0 radical (unpaired) electrons. The highest BCUT2D eigenvalue weighted by atomic mass is 16.4. The standard InChI is InChI=1S/C13H23NO3/c1-3-5-6-14-12(15)10-7-9(4-2)8-11(10)13(16)17/h9-11H,3-8H2,1-2H3,(H,14,15)(H,16,17). The predicted octanol–water partition coefficient (Wildman–Crippen LogP) is 2.04. The minimum absolute atomic E-state index is 0.0678. The molecule has 0 aromatic carbocycles. The molecule has 1 aliphatic carbocycles. The van der Waals surface area contributed by atoms with Crippen LogP contribution in [0.15, 0.2) is 0 Å². The van der Waals surface area contributed by atoms with Gasteiger partial charge >= 0.3 is 5.97 Å². The van der Waals surface area contributed by atoms with Gasteiger partial charge in [0.15, 0.2) is 0 Å². The van der Waals surface area contributed by atoms with Crippen LogP contribution in [-0.2, 0) is 9.59 Å². The van der Waals surface area contributed by atoms with Crippen molar-refractivity contribution in [3.05, 3.63) is 0 Å². The Morgan fingerprint density at radius 3 is 2.41 bits per heavy atom. The number of carboxylic acid groups (broad SMARTS) is 1. The Morgan fingerprint density at radius 2 is 1.88 bits per heavy atom.